The molecule has 3 heteroatoms. The van der Waals surface area contributed by atoms with Gasteiger partial charge in [-0.1, -0.05) is 18.2 Å². The van der Waals surface area contributed by atoms with E-state index in [-0.39, 0.29) is 23.5 Å². The van der Waals surface area contributed by atoms with Crippen LogP contribution >= 0.6 is 0 Å². The van der Waals surface area contributed by atoms with E-state index in [1.165, 1.54) is 0 Å². The zero-order valence-corrected chi connectivity index (χ0v) is 11.8. The SMILES string of the molecule is CC1=C[C@@H]2[C@@H](C(C)=C1O)[C@H]1C=C[C@]2(C)C(=O)[C@@]1(C)O. The fraction of sp³-hybridized carbons (Fsp3) is 0.562. The van der Waals surface area contributed by atoms with Gasteiger partial charge in [0.25, 0.3) is 0 Å². The molecule has 0 saturated heterocycles. The van der Waals surface area contributed by atoms with Gasteiger partial charge in [-0.2, -0.15) is 0 Å². The highest BCUT2D eigenvalue weighted by atomic mass is 16.3. The van der Waals surface area contributed by atoms with E-state index >= 15 is 0 Å². The Bertz CT molecular complexity index is 565. The number of fused-ring (bicyclic) bond motifs is 1. The lowest BCUT2D eigenvalue weighted by Crippen LogP contribution is -2.64. The largest absolute Gasteiger partial charge is 0.508 e. The Morgan fingerprint density at radius 3 is 2.47 bits per heavy atom. The van der Waals surface area contributed by atoms with Crippen LogP contribution in [0, 0.1) is 23.2 Å². The number of Topliss-reactive ketones (excluding diaryl/α,β-unsaturated/α-hetero) is 1. The molecule has 0 heterocycles. The van der Waals surface area contributed by atoms with Crippen molar-refractivity contribution in [3.63, 3.8) is 0 Å². The molecule has 0 aliphatic heterocycles. The molecule has 0 spiro atoms. The quantitative estimate of drug-likeness (QED) is 0.658. The van der Waals surface area contributed by atoms with Crippen LogP contribution in [0.1, 0.15) is 27.7 Å². The third-order valence-electron chi connectivity index (χ3n) is 5.39. The van der Waals surface area contributed by atoms with Gasteiger partial charge in [-0.25, -0.2) is 0 Å². The van der Waals surface area contributed by atoms with Crippen LogP contribution < -0.4 is 0 Å². The van der Waals surface area contributed by atoms with E-state index in [4.69, 9.17) is 0 Å². The monoisotopic (exact) mass is 260 g/mol. The number of hydrogen-bond donors (Lipinski definition) is 2. The number of aliphatic hydroxyl groups is 2. The molecule has 4 aliphatic rings. The van der Waals surface area contributed by atoms with Crippen LogP contribution in [0.15, 0.2) is 35.1 Å². The van der Waals surface area contributed by atoms with Gasteiger partial charge in [-0.15, -0.1) is 0 Å². The molecule has 3 nitrogen and oxygen atoms in total. The molecule has 19 heavy (non-hydrogen) atoms. The summed E-state index contributed by atoms with van der Waals surface area (Å²) in [6.07, 6.45) is 5.89. The molecular formula is C16H20O3. The van der Waals surface area contributed by atoms with Crippen LogP contribution in [-0.2, 0) is 4.79 Å². The first-order valence-electron chi connectivity index (χ1n) is 6.76. The molecule has 102 valence electrons. The van der Waals surface area contributed by atoms with Crippen LogP contribution in [0.25, 0.3) is 0 Å². The number of carbonyl (C=O) groups excluding carboxylic acids is 1. The van der Waals surface area contributed by atoms with Gasteiger partial charge in [0, 0.05) is 17.8 Å². The number of carbonyl (C=O) groups is 1. The smallest absolute Gasteiger partial charge is 0.174 e. The summed E-state index contributed by atoms with van der Waals surface area (Å²) in [5.41, 5.74) is -0.302. The maximum atomic E-state index is 12.6. The highest BCUT2D eigenvalue weighted by Gasteiger charge is 2.63. The van der Waals surface area contributed by atoms with Gasteiger partial charge in [-0.3, -0.25) is 4.79 Å². The first-order chi connectivity index (χ1) is 8.71. The Balaban J connectivity index is 2.24. The number of aliphatic hydroxyl groups excluding tert-OH is 1. The number of rotatable bonds is 0. The molecule has 2 N–H and O–H groups in total. The highest BCUT2D eigenvalue weighted by molar-refractivity contribution is 5.97. The summed E-state index contributed by atoms with van der Waals surface area (Å²) in [4.78, 5) is 12.6. The lowest BCUT2D eigenvalue weighted by molar-refractivity contribution is -0.163. The fourth-order valence-electron chi connectivity index (χ4n) is 4.22. The Labute approximate surface area is 113 Å². The second-order valence-corrected chi connectivity index (χ2v) is 6.58. The predicted molar refractivity (Wildman–Crippen MR) is 72.4 cm³/mol. The van der Waals surface area contributed by atoms with E-state index in [0.717, 1.165) is 11.1 Å². The van der Waals surface area contributed by atoms with Crippen molar-refractivity contribution < 1.29 is 15.0 Å². The van der Waals surface area contributed by atoms with Crippen LogP contribution in [0.4, 0.5) is 0 Å². The van der Waals surface area contributed by atoms with Crippen molar-refractivity contribution in [2.45, 2.75) is 33.3 Å². The van der Waals surface area contributed by atoms with Gasteiger partial charge in [-0.05, 0) is 38.8 Å². The predicted octanol–water partition coefficient (Wildman–Crippen LogP) is 2.54. The molecule has 1 saturated carbocycles. The molecule has 0 aromatic carbocycles. The van der Waals surface area contributed by atoms with Crippen LogP contribution in [0.5, 0.6) is 0 Å². The van der Waals surface area contributed by atoms with Crippen molar-refractivity contribution in [1.29, 1.82) is 0 Å². The Morgan fingerprint density at radius 1 is 1.21 bits per heavy atom. The Hall–Kier alpha value is -1.35. The maximum absolute atomic E-state index is 12.6. The Morgan fingerprint density at radius 2 is 1.84 bits per heavy atom. The summed E-state index contributed by atoms with van der Waals surface area (Å²) in [5.74, 6) is -0.00288. The van der Waals surface area contributed by atoms with Crippen molar-refractivity contribution in [2.75, 3.05) is 0 Å². The lowest BCUT2D eigenvalue weighted by atomic mass is 9.47. The van der Waals surface area contributed by atoms with Crippen LogP contribution in [0.3, 0.4) is 0 Å². The van der Waals surface area contributed by atoms with Gasteiger partial charge in [0.15, 0.2) is 5.78 Å². The van der Waals surface area contributed by atoms with Crippen molar-refractivity contribution in [1.82, 2.24) is 0 Å². The van der Waals surface area contributed by atoms with E-state index in [2.05, 4.69) is 0 Å². The van der Waals surface area contributed by atoms with E-state index in [0.29, 0.717) is 5.76 Å². The number of allylic oxidation sites excluding steroid dienone is 4. The molecule has 0 aromatic rings. The normalized spacial score (nSPS) is 48.4. The second-order valence-electron chi connectivity index (χ2n) is 6.58. The van der Waals surface area contributed by atoms with Gasteiger partial charge in [0.2, 0.25) is 0 Å². The summed E-state index contributed by atoms with van der Waals surface area (Å²) >= 11 is 0. The summed E-state index contributed by atoms with van der Waals surface area (Å²) in [6.45, 7) is 7.27. The molecule has 0 amide bonds. The molecule has 4 aliphatic carbocycles. The third-order valence-corrected chi connectivity index (χ3v) is 5.39. The number of ketones is 1. The van der Waals surface area contributed by atoms with Crippen LogP contribution in [0.2, 0.25) is 0 Å². The molecule has 2 bridgehead atoms. The van der Waals surface area contributed by atoms with Crippen molar-refractivity contribution in [3.8, 4) is 0 Å². The molecule has 4 rings (SSSR count). The minimum atomic E-state index is -1.34. The van der Waals surface area contributed by atoms with Crippen molar-refractivity contribution >= 4 is 5.78 Å². The second kappa shape index (κ2) is 3.40. The van der Waals surface area contributed by atoms with Gasteiger partial charge in [0.05, 0.1) is 5.41 Å². The summed E-state index contributed by atoms with van der Waals surface area (Å²) < 4.78 is 0. The Kier molecular flexibility index (Phi) is 2.27. The third kappa shape index (κ3) is 1.29. The van der Waals surface area contributed by atoms with E-state index < -0.39 is 11.0 Å². The molecule has 0 unspecified atom stereocenters. The molecule has 0 radical (unpaired) electrons. The van der Waals surface area contributed by atoms with Gasteiger partial charge < -0.3 is 10.2 Å². The first kappa shape index (κ1) is 12.7. The molecule has 1 fully saturated rings. The maximum Gasteiger partial charge on any atom is 0.174 e. The fourth-order valence-corrected chi connectivity index (χ4v) is 4.22. The molecule has 0 aromatic heterocycles. The van der Waals surface area contributed by atoms with Gasteiger partial charge in [0.1, 0.15) is 11.4 Å². The minimum Gasteiger partial charge on any atom is -0.508 e. The van der Waals surface area contributed by atoms with E-state index in [1.807, 2.05) is 39.0 Å². The van der Waals surface area contributed by atoms with Crippen LogP contribution in [-0.4, -0.2) is 21.6 Å². The lowest BCUT2D eigenvalue weighted by Gasteiger charge is -2.56. The highest BCUT2D eigenvalue weighted by Crippen LogP contribution is 2.58. The summed E-state index contributed by atoms with van der Waals surface area (Å²) in [7, 11) is 0. The van der Waals surface area contributed by atoms with E-state index in [9.17, 15) is 15.0 Å². The summed E-state index contributed by atoms with van der Waals surface area (Å²) in [5, 5.41) is 20.7. The van der Waals surface area contributed by atoms with Gasteiger partial charge >= 0.3 is 0 Å². The molecular weight excluding hydrogens is 240 g/mol. The summed E-state index contributed by atoms with van der Waals surface area (Å²) in [6, 6.07) is 0. The average molecular weight is 260 g/mol. The minimum absolute atomic E-state index is 0.00593. The number of hydrogen-bond acceptors (Lipinski definition) is 3. The first-order valence-corrected chi connectivity index (χ1v) is 6.76. The van der Waals surface area contributed by atoms with Crippen molar-refractivity contribution in [2.24, 2.45) is 23.2 Å². The van der Waals surface area contributed by atoms with Crippen molar-refractivity contribution in [3.05, 3.63) is 35.1 Å². The molecule has 5 atom stereocenters. The zero-order chi connectivity index (χ0) is 14.2. The average Bonchev–Trinajstić information content (AvgIpc) is 2.34. The topological polar surface area (TPSA) is 57.5 Å². The standard InChI is InChI=1S/C16H20O3/c1-8-7-11-12(9(2)13(8)17)10-5-6-15(11,3)14(18)16(10,4)19/h5-7,10-12,17,19H,1-4H3/t10-,11-,12+,15+,16+/m1/s1. The zero-order valence-electron chi connectivity index (χ0n) is 11.8. The van der Waals surface area contributed by atoms with E-state index in [1.54, 1.807) is 6.92 Å².